The molecule has 0 bridgehead atoms. The molecule has 0 fully saturated rings. The third kappa shape index (κ3) is 2.50. The van der Waals surface area contributed by atoms with Crippen LogP contribution in [0.4, 0.5) is 5.69 Å². The highest BCUT2D eigenvalue weighted by atomic mass is 35.5. The molecule has 92 valence electrons. The van der Waals surface area contributed by atoms with Gasteiger partial charge < -0.3 is 5.73 Å². The second kappa shape index (κ2) is 5.01. The molecular formula is C14H11Cl2NO. The maximum atomic E-state index is 12.3. The Hall–Kier alpha value is -1.51. The highest BCUT2D eigenvalue weighted by molar-refractivity contribution is 6.37. The molecule has 18 heavy (non-hydrogen) atoms. The van der Waals surface area contributed by atoms with E-state index in [1.807, 2.05) is 6.92 Å². The Morgan fingerprint density at radius 3 is 2.33 bits per heavy atom. The van der Waals surface area contributed by atoms with Gasteiger partial charge in [0.2, 0.25) is 0 Å². The number of benzene rings is 2. The molecule has 0 unspecified atom stereocenters. The average molecular weight is 280 g/mol. The van der Waals surface area contributed by atoms with Crippen molar-refractivity contribution in [2.45, 2.75) is 6.92 Å². The Bertz CT molecular complexity index is 570. The monoisotopic (exact) mass is 279 g/mol. The molecule has 2 aromatic rings. The summed E-state index contributed by atoms with van der Waals surface area (Å²) in [5, 5.41) is 0.856. The Balaban J connectivity index is 2.48. The molecule has 0 saturated heterocycles. The van der Waals surface area contributed by atoms with Crippen molar-refractivity contribution in [1.29, 1.82) is 0 Å². The number of carbonyl (C=O) groups is 1. The maximum absolute atomic E-state index is 12.3. The van der Waals surface area contributed by atoms with Crippen molar-refractivity contribution in [3.05, 3.63) is 63.1 Å². The summed E-state index contributed by atoms with van der Waals surface area (Å²) in [4.78, 5) is 12.3. The van der Waals surface area contributed by atoms with Gasteiger partial charge in [-0.3, -0.25) is 4.79 Å². The van der Waals surface area contributed by atoms with Gasteiger partial charge in [0, 0.05) is 21.8 Å². The first kappa shape index (κ1) is 12.9. The van der Waals surface area contributed by atoms with E-state index in [1.54, 1.807) is 36.4 Å². The highest BCUT2D eigenvalue weighted by Crippen LogP contribution is 2.25. The lowest BCUT2D eigenvalue weighted by Crippen LogP contribution is -2.05. The van der Waals surface area contributed by atoms with Crippen molar-refractivity contribution in [2.75, 3.05) is 5.73 Å². The normalized spacial score (nSPS) is 10.4. The quantitative estimate of drug-likeness (QED) is 0.664. The molecule has 0 radical (unpaired) electrons. The van der Waals surface area contributed by atoms with Gasteiger partial charge in [-0.05, 0) is 48.9 Å². The van der Waals surface area contributed by atoms with Crippen molar-refractivity contribution in [3.63, 3.8) is 0 Å². The summed E-state index contributed by atoms with van der Waals surface area (Å²) in [5.74, 6) is -0.130. The summed E-state index contributed by atoms with van der Waals surface area (Å²) in [6, 6.07) is 10.00. The lowest BCUT2D eigenvalue weighted by Gasteiger charge is -2.07. The van der Waals surface area contributed by atoms with E-state index in [1.165, 1.54) is 0 Å². The number of rotatable bonds is 2. The lowest BCUT2D eigenvalue weighted by atomic mass is 9.98. The molecule has 0 aromatic heterocycles. The van der Waals surface area contributed by atoms with Gasteiger partial charge >= 0.3 is 0 Å². The zero-order chi connectivity index (χ0) is 13.3. The van der Waals surface area contributed by atoms with E-state index in [-0.39, 0.29) is 5.78 Å². The molecule has 0 aliphatic heterocycles. The minimum absolute atomic E-state index is 0.130. The average Bonchev–Trinajstić information content (AvgIpc) is 2.28. The number of nitrogen functional groups attached to an aromatic ring is 1. The van der Waals surface area contributed by atoms with Crippen molar-refractivity contribution in [3.8, 4) is 0 Å². The number of nitrogens with two attached hydrogens (primary N) is 1. The standard InChI is InChI=1S/C14H11Cl2NO/c1-8-6-10(17)3-5-11(8)14(18)12-4-2-9(15)7-13(12)16/h2-7H,17H2,1H3. The van der Waals surface area contributed by atoms with Crippen molar-refractivity contribution < 1.29 is 4.79 Å². The fourth-order valence-corrected chi connectivity index (χ4v) is 2.25. The van der Waals surface area contributed by atoms with Crippen LogP contribution in [0, 0.1) is 6.92 Å². The number of ketones is 1. The fourth-order valence-electron chi connectivity index (χ4n) is 1.76. The van der Waals surface area contributed by atoms with Gasteiger partial charge in [-0.2, -0.15) is 0 Å². The van der Waals surface area contributed by atoms with E-state index in [4.69, 9.17) is 28.9 Å². The second-order valence-corrected chi connectivity index (χ2v) is 4.87. The number of aryl methyl sites for hydroxylation is 1. The van der Waals surface area contributed by atoms with Gasteiger partial charge in [-0.25, -0.2) is 0 Å². The van der Waals surface area contributed by atoms with Gasteiger partial charge in [-0.15, -0.1) is 0 Å². The number of halogens is 2. The van der Waals surface area contributed by atoms with Crippen molar-refractivity contribution >= 4 is 34.7 Å². The first-order valence-electron chi connectivity index (χ1n) is 5.35. The molecule has 0 heterocycles. The zero-order valence-corrected chi connectivity index (χ0v) is 11.2. The van der Waals surface area contributed by atoms with Crippen LogP contribution >= 0.6 is 23.2 Å². The molecule has 2 aromatic carbocycles. The Labute approximate surface area is 115 Å². The van der Waals surface area contributed by atoms with Crippen LogP contribution < -0.4 is 5.73 Å². The molecule has 2 rings (SSSR count). The van der Waals surface area contributed by atoms with E-state index in [2.05, 4.69) is 0 Å². The fraction of sp³-hybridized carbons (Fsp3) is 0.0714. The third-order valence-electron chi connectivity index (χ3n) is 2.67. The summed E-state index contributed by atoms with van der Waals surface area (Å²) < 4.78 is 0. The molecule has 2 nitrogen and oxygen atoms in total. The van der Waals surface area contributed by atoms with Gasteiger partial charge in [0.05, 0.1) is 5.02 Å². The van der Waals surface area contributed by atoms with E-state index >= 15 is 0 Å². The number of anilines is 1. The van der Waals surface area contributed by atoms with Gasteiger partial charge in [0.25, 0.3) is 0 Å². The van der Waals surface area contributed by atoms with E-state index in [0.29, 0.717) is 26.9 Å². The first-order valence-corrected chi connectivity index (χ1v) is 6.10. The SMILES string of the molecule is Cc1cc(N)ccc1C(=O)c1ccc(Cl)cc1Cl. The molecule has 4 heteroatoms. The van der Waals surface area contributed by atoms with E-state index < -0.39 is 0 Å². The van der Waals surface area contributed by atoms with E-state index in [0.717, 1.165) is 5.56 Å². The van der Waals surface area contributed by atoms with Crippen LogP contribution in [0.2, 0.25) is 10.0 Å². The van der Waals surface area contributed by atoms with Gasteiger partial charge in [0.1, 0.15) is 0 Å². The molecule has 0 aliphatic rings. The molecule has 0 atom stereocenters. The van der Waals surface area contributed by atoms with Crippen molar-refractivity contribution in [1.82, 2.24) is 0 Å². The highest BCUT2D eigenvalue weighted by Gasteiger charge is 2.15. The topological polar surface area (TPSA) is 43.1 Å². The first-order chi connectivity index (χ1) is 8.49. The maximum Gasteiger partial charge on any atom is 0.194 e. The minimum atomic E-state index is -0.130. The summed E-state index contributed by atoms with van der Waals surface area (Å²) in [6.07, 6.45) is 0. The predicted molar refractivity (Wildman–Crippen MR) is 75.5 cm³/mol. The van der Waals surface area contributed by atoms with Crippen molar-refractivity contribution in [2.24, 2.45) is 0 Å². The summed E-state index contributed by atoms with van der Waals surface area (Å²) in [6.45, 7) is 1.84. The van der Waals surface area contributed by atoms with Gasteiger partial charge in [-0.1, -0.05) is 23.2 Å². The molecule has 0 aliphatic carbocycles. The number of hydrogen-bond acceptors (Lipinski definition) is 2. The Morgan fingerprint density at radius 1 is 1.06 bits per heavy atom. The van der Waals surface area contributed by atoms with Crippen LogP contribution in [-0.4, -0.2) is 5.78 Å². The van der Waals surface area contributed by atoms with Crippen LogP contribution in [0.5, 0.6) is 0 Å². The summed E-state index contributed by atoms with van der Waals surface area (Å²) in [5.41, 5.74) is 8.15. The number of carbonyl (C=O) groups excluding carboxylic acids is 1. The van der Waals surface area contributed by atoms with Crippen LogP contribution in [0.3, 0.4) is 0 Å². The van der Waals surface area contributed by atoms with Crippen LogP contribution in [0.25, 0.3) is 0 Å². The smallest absolute Gasteiger partial charge is 0.194 e. The third-order valence-corrected chi connectivity index (χ3v) is 3.22. The molecule has 0 amide bonds. The second-order valence-electron chi connectivity index (χ2n) is 4.03. The summed E-state index contributed by atoms with van der Waals surface area (Å²) in [7, 11) is 0. The Morgan fingerprint density at radius 2 is 1.72 bits per heavy atom. The molecule has 2 N–H and O–H groups in total. The molecule has 0 spiro atoms. The van der Waals surface area contributed by atoms with Crippen LogP contribution in [0.15, 0.2) is 36.4 Å². The van der Waals surface area contributed by atoms with Crippen LogP contribution in [0.1, 0.15) is 21.5 Å². The molecular weight excluding hydrogens is 269 g/mol. The van der Waals surface area contributed by atoms with E-state index in [9.17, 15) is 4.79 Å². The number of hydrogen-bond donors (Lipinski definition) is 1. The van der Waals surface area contributed by atoms with Gasteiger partial charge in [0.15, 0.2) is 5.78 Å². The zero-order valence-electron chi connectivity index (χ0n) is 9.71. The largest absolute Gasteiger partial charge is 0.399 e. The van der Waals surface area contributed by atoms with Crippen LogP contribution in [-0.2, 0) is 0 Å². The minimum Gasteiger partial charge on any atom is -0.399 e. The lowest BCUT2D eigenvalue weighted by molar-refractivity contribution is 0.103. The molecule has 0 saturated carbocycles. The summed E-state index contributed by atoms with van der Waals surface area (Å²) >= 11 is 11.8. The predicted octanol–water partition coefficient (Wildman–Crippen LogP) is 4.12. The Kier molecular flexibility index (Phi) is 3.60.